The van der Waals surface area contributed by atoms with Crippen molar-refractivity contribution in [1.29, 1.82) is 0 Å². The number of rotatable bonds is 3. The molecule has 0 amide bonds. The van der Waals surface area contributed by atoms with Crippen molar-refractivity contribution in [2.75, 3.05) is 0 Å². The van der Waals surface area contributed by atoms with E-state index in [1.807, 2.05) is 19.1 Å². The van der Waals surface area contributed by atoms with Crippen LogP contribution in [0.2, 0.25) is 0 Å². The molecule has 0 aromatic carbocycles. The standard InChI is InChI=1S/C10H13BrN2.ClH/c1-7(2)5-9(12)10-4-3-8(11)6-13-10;/h3-4,6,9H,1,5,12H2,2H3;1H/t9-;/m0./s1. The number of aromatic nitrogens is 1. The molecule has 78 valence electrons. The van der Waals surface area contributed by atoms with E-state index < -0.39 is 0 Å². The Morgan fingerprint density at radius 2 is 2.29 bits per heavy atom. The second-order valence-electron chi connectivity index (χ2n) is 3.17. The Balaban J connectivity index is 0.00000169. The van der Waals surface area contributed by atoms with Gasteiger partial charge in [0.25, 0.3) is 0 Å². The molecule has 1 atom stereocenters. The molecule has 14 heavy (non-hydrogen) atoms. The van der Waals surface area contributed by atoms with Crippen LogP contribution in [-0.4, -0.2) is 4.98 Å². The summed E-state index contributed by atoms with van der Waals surface area (Å²) in [7, 11) is 0. The van der Waals surface area contributed by atoms with E-state index in [-0.39, 0.29) is 18.4 Å². The number of hydrogen-bond acceptors (Lipinski definition) is 2. The van der Waals surface area contributed by atoms with Crippen molar-refractivity contribution in [1.82, 2.24) is 4.98 Å². The fraction of sp³-hybridized carbons (Fsp3) is 0.300. The summed E-state index contributed by atoms with van der Waals surface area (Å²) in [4.78, 5) is 4.22. The van der Waals surface area contributed by atoms with Gasteiger partial charge in [0, 0.05) is 10.7 Å². The van der Waals surface area contributed by atoms with E-state index >= 15 is 0 Å². The molecule has 0 saturated heterocycles. The topological polar surface area (TPSA) is 38.9 Å². The molecule has 1 aromatic heterocycles. The fourth-order valence-corrected chi connectivity index (χ4v) is 1.32. The Morgan fingerprint density at radius 1 is 1.64 bits per heavy atom. The van der Waals surface area contributed by atoms with E-state index in [2.05, 4.69) is 27.5 Å². The monoisotopic (exact) mass is 276 g/mol. The second-order valence-corrected chi connectivity index (χ2v) is 4.08. The summed E-state index contributed by atoms with van der Waals surface area (Å²) in [5.41, 5.74) is 7.90. The predicted molar refractivity (Wildman–Crippen MR) is 65.5 cm³/mol. The maximum Gasteiger partial charge on any atom is 0.0575 e. The van der Waals surface area contributed by atoms with Crippen molar-refractivity contribution in [3.8, 4) is 0 Å². The number of pyridine rings is 1. The molecular weight excluding hydrogens is 263 g/mol. The van der Waals surface area contributed by atoms with Crippen LogP contribution in [0.3, 0.4) is 0 Å². The summed E-state index contributed by atoms with van der Waals surface area (Å²) in [5.74, 6) is 0. The quantitative estimate of drug-likeness (QED) is 0.862. The second kappa shape index (κ2) is 6.17. The molecule has 1 aromatic rings. The van der Waals surface area contributed by atoms with Crippen LogP contribution < -0.4 is 5.73 Å². The third-order valence-corrected chi connectivity index (χ3v) is 2.17. The van der Waals surface area contributed by atoms with Crippen LogP contribution in [0.1, 0.15) is 25.1 Å². The smallest absolute Gasteiger partial charge is 0.0575 e. The number of halogens is 2. The van der Waals surface area contributed by atoms with Gasteiger partial charge in [-0.1, -0.05) is 5.57 Å². The van der Waals surface area contributed by atoms with Crippen LogP contribution in [0.5, 0.6) is 0 Å². The highest BCUT2D eigenvalue weighted by molar-refractivity contribution is 9.10. The maximum absolute atomic E-state index is 5.91. The Hall–Kier alpha value is -0.380. The van der Waals surface area contributed by atoms with Crippen LogP contribution in [0.4, 0.5) is 0 Å². The van der Waals surface area contributed by atoms with E-state index in [1.165, 1.54) is 0 Å². The number of hydrogen-bond donors (Lipinski definition) is 1. The van der Waals surface area contributed by atoms with Gasteiger partial charge in [-0.3, -0.25) is 4.98 Å². The van der Waals surface area contributed by atoms with Gasteiger partial charge in [-0.15, -0.1) is 19.0 Å². The lowest BCUT2D eigenvalue weighted by Gasteiger charge is -2.10. The lowest BCUT2D eigenvalue weighted by atomic mass is 10.1. The first kappa shape index (κ1) is 13.6. The molecule has 1 heterocycles. The van der Waals surface area contributed by atoms with Gasteiger partial charge < -0.3 is 5.73 Å². The third-order valence-electron chi connectivity index (χ3n) is 1.70. The molecule has 1 rings (SSSR count). The first-order chi connectivity index (χ1) is 6.09. The van der Waals surface area contributed by atoms with Gasteiger partial charge in [-0.05, 0) is 41.4 Å². The predicted octanol–water partition coefficient (Wildman–Crippen LogP) is 3.23. The van der Waals surface area contributed by atoms with Gasteiger partial charge in [0.1, 0.15) is 0 Å². The Bertz CT molecular complexity index is 297. The largest absolute Gasteiger partial charge is 0.322 e. The van der Waals surface area contributed by atoms with Crippen molar-refractivity contribution in [2.24, 2.45) is 5.73 Å². The van der Waals surface area contributed by atoms with Crippen LogP contribution in [0.15, 0.2) is 35.0 Å². The van der Waals surface area contributed by atoms with E-state index in [0.717, 1.165) is 22.2 Å². The minimum absolute atomic E-state index is 0. The summed E-state index contributed by atoms with van der Waals surface area (Å²) < 4.78 is 0.971. The lowest BCUT2D eigenvalue weighted by Crippen LogP contribution is -2.11. The maximum atomic E-state index is 5.91. The van der Waals surface area contributed by atoms with Gasteiger partial charge in [0.2, 0.25) is 0 Å². The molecule has 0 aliphatic rings. The summed E-state index contributed by atoms with van der Waals surface area (Å²) in [5, 5.41) is 0. The van der Waals surface area contributed by atoms with Crippen molar-refractivity contribution >= 4 is 28.3 Å². The average Bonchev–Trinajstić information content (AvgIpc) is 2.04. The van der Waals surface area contributed by atoms with Crippen LogP contribution in [-0.2, 0) is 0 Å². The molecule has 0 radical (unpaired) electrons. The zero-order valence-corrected chi connectivity index (χ0v) is 10.4. The summed E-state index contributed by atoms with van der Waals surface area (Å²) in [6.45, 7) is 5.79. The van der Waals surface area contributed by atoms with Gasteiger partial charge in [0.05, 0.1) is 11.7 Å². The molecule has 0 fully saturated rings. The van der Waals surface area contributed by atoms with E-state index in [4.69, 9.17) is 5.73 Å². The van der Waals surface area contributed by atoms with Crippen LogP contribution in [0, 0.1) is 0 Å². The summed E-state index contributed by atoms with van der Waals surface area (Å²) in [6, 6.07) is 3.84. The first-order valence-corrected chi connectivity index (χ1v) is 4.90. The molecule has 0 aliphatic heterocycles. The lowest BCUT2D eigenvalue weighted by molar-refractivity contribution is 0.692. The van der Waals surface area contributed by atoms with Gasteiger partial charge in [0.15, 0.2) is 0 Å². The zero-order valence-electron chi connectivity index (χ0n) is 8.03. The number of nitrogens with zero attached hydrogens (tertiary/aromatic N) is 1. The third kappa shape index (κ3) is 4.22. The molecular formula is C10H14BrClN2. The zero-order chi connectivity index (χ0) is 9.84. The molecule has 0 bridgehead atoms. The van der Waals surface area contributed by atoms with Gasteiger partial charge >= 0.3 is 0 Å². The summed E-state index contributed by atoms with van der Waals surface area (Å²) in [6.07, 6.45) is 2.54. The molecule has 0 spiro atoms. The van der Waals surface area contributed by atoms with E-state index in [1.54, 1.807) is 6.20 Å². The van der Waals surface area contributed by atoms with Crippen molar-refractivity contribution in [2.45, 2.75) is 19.4 Å². The molecule has 0 aliphatic carbocycles. The van der Waals surface area contributed by atoms with E-state index in [0.29, 0.717) is 0 Å². The normalized spacial score (nSPS) is 11.6. The highest BCUT2D eigenvalue weighted by Gasteiger charge is 2.06. The van der Waals surface area contributed by atoms with E-state index in [9.17, 15) is 0 Å². The Labute approximate surface area is 99.1 Å². The highest BCUT2D eigenvalue weighted by atomic mass is 79.9. The average molecular weight is 278 g/mol. The van der Waals surface area contributed by atoms with Crippen molar-refractivity contribution in [3.63, 3.8) is 0 Å². The molecule has 2 nitrogen and oxygen atoms in total. The number of nitrogens with two attached hydrogens (primary N) is 1. The van der Waals surface area contributed by atoms with Crippen LogP contribution >= 0.6 is 28.3 Å². The minimum Gasteiger partial charge on any atom is -0.322 e. The highest BCUT2D eigenvalue weighted by Crippen LogP contribution is 2.17. The van der Waals surface area contributed by atoms with Crippen molar-refractivity contribution < 1.29 is 0 Å². The first-order valence-electron chi connectivity index (χ1n) is 4.11. The van der Waals surface area contributed by atoms with Crippen molar-refractivity contribution in [3.05, 3.63) is 40.6 Å². The molecule has 0 unspecified atom stereocenters. The molecule has 0 saturated carbocycles. The summed E-state index contributed by atoms with van der Waals surface area (Å²) >= 11 is 3.32. The Kier molecular flexibility index (Phi) is 6.00. The van der Waals surface area contributed by atoms with Gasteiger partial charge in [-0.2, -0.15) is 0 Å². The fourth-order valence-electron chi connectivity index (χ4n) is 1.09. The Morgan fingerprint density at radius 3 is 2.71 bits per heavy atom. The molecule has 4 heteroatoms. The SMILES string of the molecule is C=C(C)C[C@H](N)c1ccc(Br)cn1.Cl. The minimum atomic E-state index is -0.0365. The van der Waals surface area contributed by atoms with Gasteiger partial charge in [-0.25, -0.2) is 0 Å². The van der Waals surface area contributed by atoms with Crippen LogP contribution in [0.25, 0.3) is 0 Å². The molecule has 2 N–H and O–H groups in total.